The number of nitrogen functional groups attached to an aromatic ring is 1. The third kappa shape index (κ3) is 3.24. The Morgan fingerprint density at radius 2 is 2.16 bits per heavy atom. The average molecular weight is 341 g/mol. The second-order valence-corrected chi connectivity index (χ2v) is 5.30. The number of aryl methyl sites for hydroxylation is 1. The van der Waals surface area contributed by atoms with Crippen molar-refractivity contribution < 1.29 is 4.79 Å². The number of amides is 1. The number of hydrogen-bond acceptors (Lipinski definition) is 3. The first-order valence-electron chi connectivity index (χ1n) is 5.46. The summed E-state index contributed by atoms with van der Waals surface area (Å²) in [5.74, 6) is 0.124. The molecule has 98 valence electrons. The number of anilines is 2. The Morgan fingerprint density at radius 1 is 1.42 bits per heavy atom. The fourth-order valence-electron chi connectivity index (χ4n) is 1.52. The summed E-state index contributed by atoms with van der Waals surface area (Å²) >= 11 is 9.20. The van der Waals surface area contributed by atoms with E-state index in [1.54, 1.807) is 24.4 Å². The Labute approximate surface area is 124 Å². The minimum atomic E-state index is -0.339. The zero-order valence-electron chi connectivity index (χ0n) is 10.1. The summed E-state index contributed by atoms with van der Waals surface area (Å²) in [5.41, 5.74) is 7.43. The molecule has 2 rings (SSSR count). The molecule has 1 aromatic heterocycles. The van der Waals surface area contributed by atoms with Crippen molar-refractivity contribution in [1.29, 1.82) is 0 Å². The van der Waals surface area contributed by atoms with Crippen LogP contribution in [0.4, 0.5) is 11.5 Å². The minimum Gasteiger partial charge on any atom is -0.398 e. The molecule has 6 heteroatoms. The third-order valence-corrected chi connectivity index (χ3v) is 3.61. The van der Waals surface area contributed by atoms with Crippen molar-refractivity contribution in [3.8, 4) is 0 Å². The molecule has 0 fully saturated rings. The third-order valence-electron chi connectivity index (χ3n) is 2.55. The molecule has 4 nitrogen and oxygen atoms in total. The van der Waals surface area contributed by atoms with Gasteiger partial charge in [0.1, 0.15) is 5.82 Å². The van der Waals surface area contributed by atoms with Crippen molar-refractivity contribution in [1.82, 2.24) is 4.98 Å². The molecule has 0 aliphatic heterocycles. The van der Waals surface area contributed by atoms with Crippen molar-refractivity contribution >= 4 is 44.9 Å². The highest BCUT2D eigenvalue weighted by molar-refractivity contribution is 9.10. The number of benzene rings is 1. The van der Waals surface area contributed by atoms with E-state index >= 15 is 0 Å². The number of pyridine rings is 1. The number of hydrogen-bond donors (Lipinski definition) is 2. The van der Waals surface area contributed by atoms with E-state index in [2.05, 4.69) is 26.2 Å². The van der Waals surface area contributed by atoms with Gasteiger partial charge in [0.15, 0.2) is 0 Å². The van der Waals surface area contributed by atoms with Gasteiger partial charge in [0.05, 0.1) is 5.56 Å². The van der Waals surface area contributed by atoms with Crippen LogP contribution in [0.25, 0.3) is 0 Å². The number of nitrogens with two attached hydrogens (primary N) is 1. The van der Waals surface area contributed by atoms with Gasteiger partial charge < -0.3 is 11.1 Å². The number of nitrogens with zero attached hydrogens (tertiary/aromatic N) is 1. The Kier molecular flexibility index (Phi) is 4.07. The summed E-state index contributed by atoms with van der Waals surface area (Å²) < 4.78 is 0.882. The van der Waals surface area contributed by atoms with Crippen LogP contribution >= 0.6 is 27.5 Å². The number of nitrogens with one attached hydrogen (secondary N) is 1. The van der Waals surface area contributed by atoms with Gasteiger partial charge in [-0.2, -0.15) is 0 Å². The summed E-state index contributed by atoms with van der Waals surface area (Å²) in [5, 5.41) is 3.14. The van der Waals surface area contributed by atoms with Crippen LogP contribution < -0.4 is 11.1 Å². The topological polar surface area (TPSA) is 68.0 Å². The molecule has 2 aromatic rings. The SMILES string of the molecule is Cc1cc(NC(=O)c2cc(Cl)ccc2N)ncc1Br. The second-order valence-electron chi connectivity index (χ2n) is 4.00. The van der Waals surface area contributed by atoms with Gasteiger partial charge in [-0.25, -0.2) is 4.98 Å². The van der Waals surface area contributed by atoms with Crippen LogP contribution in [0.3, 0.4) is 0 Å². The van der Waals surface area contributed by atoms with Crippen LogP contribution in [0, 0.1) is 6.92 Å². The van der Waals surface area contributed by atoms with Gasteiger partial charge in [-0.1, -0.05) is 11.6 Å². The molecule has 0 spiro atoms. The van der Waals surface area contributed by atoms with Gasteiger partial charge in [0, 0.05) is 21.4 Å². The zero-order chi connectivity index (χ0) is 14.0. The van der Waals surface area contributed by atoms with E-state index in [1.165, 1.54) is 6.07 Å². The molecule has 0 aliphatic rings. The normalized spacial score (nSPS) is 10.3. The lowest BCUT2D eigenvalue weighted by molar-refractivity contribution is 0.102. The maximum absolute atomic E-state index is 12.1. The number of halogens is 2. The molecular formula is C13H11BrClN3O. The molecule has 1 heterocycles. The van der Waals surface area contributed by atoms with Gasteiger partial charge in [0.25, 0.3) is 5.91 Å². The Bertz CT molecular complexity index is 646. The molecule has 0 bridgehead atoms. The van der Waals surface area contributed by atoms with Crippen molar-refractivity contribution in [3.63, 3.8) is 0 Å². The first-order valence-corrected chi connectivity index (χ1v) is 6.63. The Morgan fingerprint density at radius 3 is 2.84 bits per heavy atom. The van der Waals surface area contributed by atoms with Crippen molar-refractivity contribution in [2.75, 3.05) is 11.1 Å². The van der Waals surface area contributed by atoms with E-state index in [0.29, 0.717) is 22.1 Å². The van der Waals surface area contributed by atoms with E-state index in [1.807, 2.05) is 6.92 Å². The molecule has 0 unspecified atom stereocenters. The number of aromatic nitrogens is 1. The van der Waals surface area contributed by atoms with Crippen LogP contribution in [0.5, 0.6) is 0 Å². The summed E-state index contributed by atoms with van der Waals surface area (Å²) in [6.07, 6.45) is 1.63. The second kappa shape index (κ2) is 5.59. The summed E-state index contributed by atoms with van der Waals surface area (Å²) in [6, 6.07) is 6.52. The standard InChI is InChI=1S/C13H11BrClN3O/c1-7-4-12(17-6-10(7)14)18-13(19)9-5-8(15)2-3-11(9)16/h2-6H,16H2,1H3,(H,17,18,19). The molecule has 0 aliphatic carbocycles. The Balaban J connectivity index is 2.25. The molecule has 0 saturated carbocycles. The minimum absolute atomic E-state index is 0.329. The lowest BCUT2D eigenvalue weighted by atomic mass is 10.1. The molecule has 1 aromatic carbocycles. The maximum Gasteiger partial charge on any atom is 0.258 e. The average Bonchev–Trinajstić information content (AvgIpc) is 2.36. The quantitative estimate of drug-likeness (QED) is 0.820. The number of carbonyl (C=O) groups is 1. The fraction of sp³-hybridized carbons (Fsp3) is 0.0769. The first kappa shape index (κ1) is 13.8. The molecular weight excluding hydrogens is 330 g/mol. The van der Waals surface area contributed by atoms with Gasteiger partial charge in [-0.15, -0.1) is 0 Å². The number of rotatable bonds is 2. The molecule has 0 radical (unpaired) electrons. The summed E-state index contributed by atoms with van der Waals surface area (Å²) in [6.45, 7) is 1.91. The first-order chi connectivity index (χ1) is 8.97. The van der Waals surface area contributed by atoms with Crippen LogP contribution in [-0.4, -0.2) is 10.9 Å². The van der Waals surface area contributed by atoms with E-state index in [0.717, 1.165) is 10.0 Å². The van der Waals surface area contributed by atoms with Gasteiger partial charge >= 0.3 is 0 Å². The van der Waals surface area contributed by atoms with Crippen molar-refractivity contribution in [3.05, 3.63) is 51.1 Å². The van der Waals surface area contributed by atoms with Gasteiger partial charge in [0.2, 0.25) is 0 Å². The smallest absolute Gasteiger partial charge is 0.258 e. The number of carbonyl (C=O) groups excluding carboxylic acids is 1. The van der Waals surface area contributed by atoms with Gasteiger partial charge in [-0.05, 0) is 52.7 Å². The highest BCUT2D eigenvalue weighted by atomic mass is 79.9. The van der Waals surface area contributed by atoms with Crippen LogP contribution in [0.1, 0.15) is 15.9 Å². The predicted molar refractivity (Wildman–Crippen MR) is 80.5 cm³/mol. The maximum atomic E-state index is 12.1. The predicted octanol–water partition coefficient (Wildman–Crippen LogP) is 3.64. The van der Waals surface area contributed by atoms with E-state index in [-0.39, 0.29) is 5.91 Å². The lowest BCUT2D eigenvalue weighted by Gasteiger charge is -2.08. The fourth-order valence-corrected chi connectivity index (χ4v) is 1.91. The van der Waals surface area contributed by atoms with Crippen molar-refractivity contribution in [2.24, 2.45) is 0 Å². The Hall–Kier alpha value is -1.59. The summed E-state index contributed by atoms with van der Waals surface area (Å²) in [4.78, 5) is 16.2. The van der Waals surface area contributed by atoms with E-state index in [9.17, 15) is 4.79 Å². The van der Waals surface area contributed by atoms with Crippen LogP contribution in [-0.2, 0) is 0 Å². The highest BCUT2D eigenvalue weighted by Gasteiger charge is 2.11. The van der Waals surface area contributed by atoms with Gasteiger partial charge in [-0.3, -0.25) is 4.79 Å². The highest BCUT2D eigenvalue weighted by Crippen LogP contribution is 2.21. The largest absolute Gasteiger partial charge is 0.398 e. The van der Waals surface area contributed by atoms with E-state index < -0.39 is 0 Å². The molecule has 0 atom stereocenters. The van der Waals surface area contributed by atoms with Crippen LogP contribution in [0.15, 0.2) is 34.9 Å². The zero-order valence-corrected chi connectivity index (χ0v) is 12.4. The summed E-state index contributed by atoms with van der Waals surface area (Å²) in [7, 11) is 0. The lowest BCUT2D eigenvalue weighted by Crippen LogP contribution is -2.15. The molecule has 0 saturated heterocycles. The van der Waals surface area contributed by atoms with Crippen molar-refractivity contribution in [2.45, 2.75) is 6.92 Å². The monoisotopic (exact) mass is 339 g/mol. The van der Waals surface area contributed by atoms with E-state index in [4.69, 9.17) is 17.3 Å². The van der Waals surface area contributed by atoms with Crippen LogP contribution in [0.2, 0.25) is 5.02 Å². The molecule has 3 N–H and O–H groups in total. The molecule has 1 amide bonds. The molecule has 19 heavy (non-hydrogen) atoms.